The fraction of sp³-hybridized carbons (Fsp3) is 0.449. The van der Waals surface area contributed by atoms with Crippen LogP contribution in [0.15, 0.2) is 103 Å². The number of para-hydroxylation sites is 1. The van der Waals surface area contributed by atoms with Crippen molar-refractivity contribution in [1.29, 1.82) is 0 Å². The minimum Gasteiger partial charge on any atom is -0.372 e. The summed E-state index contributed by atoms with van der Waals surface area (Å²) in [5.74, 6) is 5.93. The lowest BCUT2D eigenvalue weighted by Gasteiger charge is -2.68. The lowest BCUT2D eigenvalue weighted by molar-refractivity contribution is -0.248. The second-order valence-electron chi connectivity index (χ2n) is 17.8. The Morgan fingerprint density at radius 2 is 1.18 bits per heavy atom. The van der Waals surface area contributed by atoms with Crippen LogP contribution in [0.3, 0.4) is 0 Å². The van der Waals surface area contributed by atoms with Gasteiger partial charge in [0.15, 0.2) is 11.6 Å². The summed E-state index contributed by atoms with van der Waals surface area (Å²) in [6.45, 7) is 0. The average molecular weight is 726 g/mol. The molecule has 0 bridgehead atoms. The Kier molecular flexibility index (Phi) is 7.81. The Morgan fingerprint density at radius 1 is 0.509 bits per heavy atom. The number of nitrogens with zero attached hydrogens (tertiary/aromatic N) is 5. The van der Waals surface area contributed by atoms with Crippen LogP contribution in [0, 0.1) is 23.7 Å². The van der Waals surface area contributed by atoms with Gasteiger partial charge < -0.3 is 4.74 Å². The van der Waals surface area contributed by atoms with Crippen LogP contribution in [-0.4, -0.2) is 54.8 Å². The molecule has 6 heteroatoms. The fourth-order valence-electron chi connectivity index (χ4n) is 13.4. The van der Waals surface area contributed by atoms with Gasteiger partial charge in [0, 0.05) is 40.0 Å². The average Bonchev–Trinajstić information content (AvgIpc) is 3.59. The van der Waals surface area contributed by atoms with E-state index in [-0.39, 0.29) is 0 Å². The van der Waals surface area contributed by atoms with E-state index >= 15 is 0 Å². The zero-order valence-corrected chi connectivity index (χ0v) is 31.7. The summed E-state index contributed by atoms with van der Waals surface area (Å²) in [5.41, 5.74) is 5.82. The van der Waals surface area contributed by atoms with Crippen LogP contribution in [0.1, 0.15) is 88.5 Å². The number of ether oxygens (including phenoxy) is 1. The van der Waals surface area contributed by atoms with E-state index in [9.17, 15) is 0 Å². The zero-order valence-electron chi connectivity index (χ0n) is 31.7. The number of fused-ring (bicyclic) bond motifs is 7. The maximum absolute atomic E-state index is 7.05. The molecule has 4 heterocycles. The molecule has 0 radical (unpaired) electrons. The summed E-state index contributed by atoms with van der Waals surface area (Å²) < 4.78 is 9.33. The Hall–Kier alpha value is -4.39. The monoisotopic (exact) mass is 725 g/mol. The second kappa shape index (κ2) is 13.1. The van der Waals surface area contributed by atoms with E-state index in [1.54, 1.807) is 5.56 Å². The van der Waals surface area contributed by atoms with Gasteiger partial charge in [0.05, 0.1) is 23.2 Å². The Balaban J connectivity index is 0.958. The number of benzene rings is 4. The molecule has 6 fully saturated rings. The van der Waals surface area contributed by atoms with Crippen LogP contribution in [-0.2, 0) is 4.74 Å². The normalized spacial score (nSPS) is 32.8. The standard InChI is InChI=1S/C49H51N5O/c1-3-13-30(14-4-1)47-50-48(31-15-5-2-6-16-31)52-49(51-47)54-39-21-8-7-17-34(39)38-29-32(25-27-40(38)54)33-26-28-42-45-35(33)18-11-19-36(45)37-20-12-24-44-46(37)53(42)41-22-9-10-23-43(41)55-44/h1-8,13-17,21,25,27,29,33,35-37,41-46H,9-12,18-20,22-24,26,28H2. The minimum atomic E-state index is 0.474. The van der Waals surface area contributed by atoms with Crippen molar-refractivity contribution in [2.45, 2.75) is 113 Å². The molecule has 10 unspecified atom stereocenters. The molecular weight excluding hydrogens is 675 g/mol. The third-order valence-electron chi connectivity index (χ3n) is 15.3. The topological polar surface area (TPSA) is 56.1 Å². The molecule has 4 aliphatic carbocycles. The number of hydrogen-bond acceptors (Lipinski definition) is 5. The molecule has 0 spiro atoms. The van der Waals surface area contributed by atoms with Gasteiger partial charge in [0.2, 0.25) is 5.95 Å². The minimum absolute atomic E-state index is 0.474. The maximum atomic E-state index is 7.05. The fourth-order valence-corrected chi connectivity index (χ4v) is 13.4. The van der Waals surface area contributed by atoms with Gasteiger partial charge in [0.1, 0.15) is 0 Å². The summed E-state index contributed by atoms with van der Waals surface area (Å²) in [6, 6.07) is 39.0. The van der Waals surface area contributed by atoms with Gasteiger partial charge in [-0.25, -0.2) is 4.98 Å². The largest absolute Gasteiger partial charge is 0.372 e. The predicted octanol–water partition coefficient (Wildman–Crippen LogP) is 10.8. The van der Waals surface area contributed by atoms with Gasteiger partial charge in [-0.15, -0.1) is 0 Å². The van der Waals surface area contributed by atoms with E-state index in [0.717, 1.165) is 51.9 Å². The number of rotatable bonds is 4. The number of piperidine rings is 1. The first kappa shape index (κ1) is 32.8. The Labute approximate surface area is 324 Å². The lowest BCUT2D eigenvalue weighted by Crippen LogP contribution is -2.74. The van der Waals surface area contributed by atoms with Crippen LogP contribution in [0.2, 0.25) is 0 Å². The highest BCUT2D eigenvalue weighted by molar-refractivity contribution is 6.09. The van der Waals surface area contributed by atoms with Crippen molar-refractivity contribution >= 4 is 21.8 Å². The molecule has 0 amide bonds. The summed E-state index contributed by atoms with van der Waals surface area (Å²) >= 11 is 0. The van der Waals surface area contributed by atoms with Gasteiger partial charge in [0.25, 0.3) is 0 Å². The van der Waals surface area contributed by atoms with Crippen LogP contribution >= 0.6 is 0 Å². The molecule has 6 nitrogen and oxygen atoms in total. The smallest absolute Gasteiger partial charge is 0.238 e. The van der Waals surface area contributed by atoms with Crippen molar-refractivity contribution in [2.75, 3.05) is 0 Å². The van der Waals surface area contributed by atoms with Crippen LogP contribution in [0.5, 0.6) is 0 Å². The molecule has 278 valence electrons. The lowest BCUT2D eigenvalue weighted by atomic mass is 9.50. The van der Waals surface area contributed by atoms with Crippen LogP contribution in [0.4, 0.5) is 0 Å². The van der Waals surface area contributed by atoms with E-state index in [4.69, 9.17) is 19.7 Å². The SMILES string of the molecule is c1ccc(-c2nc(-c3ccccc3)nc(-n3c4ccccc4c4cc(C5CCC6C7C5CCCC7C5CCCC7OC8CCCCC8N6C75)ccc43)n2)cc1. The van der Waals surface area contributed by atoms with Crippen molar-refractivity contribution in [3.63, 3.8) is 0 Å². The first-order valence-corrected chi connectivity index (χ1v) is 21.6. The van der Waals surface area contributed by atoms with Crippen molar-refractivity contribution in [3.8, 4) is 28.7 Å². The zero-order chi connectivity index (χ0) is 36.0. The van der Waals surface area contributed by atoms with E-state index < -0.39 is 0 Å². The van der Waals surface area contributed by atoms with Crippen LogP contribution < -0.4 is 0 Å². The Bertz CT molecular complexity index is 2320. The molecule has 55 heavy (non-hydrogen) atoms. The van der Waals surface area contributed by atoms with Gasteiger partial charge in [-0.1, -0.05) is 111 Å². The molecule has 6 aromatic rings. The van der Waals surface area contributed by atoms with Gasteiger partial charge >= 0.3 is 0 Å². The first-order valence-electron chi connectivity index (χ1n) is 21.6. The molecule has 12 rings (SSSR count). The molecular formula is C49H51N5O. The van der Waals surface area contributed by atoms with Crippen molar-refractivity contribution in [1.82, 2.24) is 24.4 Å². The summed E-state index contributed by atoms with van der Waals surface area (Å²) in [7, 11) is 0. The molecule has 6 aliphatic rings. The Morgan fingerprint density at radius 3 is 2.00 bits per heavy atom. The predicted molar refractivity (Wildman–Crippen MR) is 219 cm³/mol. The second-order valence-corrected chi connectivity index (χ2v) is 17.8. The van der Waals surface area contributed by atoms with E-state index in [2.05, 4.69) is 100 Å². The highest BCUT2D eigenvalue weighted by atomic mass is 16.5. The number of hydrogen-bond donors (Lipinski definition) is 0. The van der Waals surface area contributed by atoms with Gasteiger partial charge in [-0.2, -0.15) is 9.97 Å². The summed E-state index contributed by atoms with van der Waals surface area (Å²) in [4.78, 5) is 18.6. The highest BCUT2D eigenvalue weighted by Crippen LogP contribution is 2.61. The van der Waals surface area contributed by atoms with E-state index in [1.807, 2.05) is 12.1 Å². The van der Waals surface area contributed by atoms with E-state index in [1.165, 1.54) is 87.8 Å². The summed E-state index contributed by atoms with van der Waals surface area (Å²) in [6.07, 6.45) is 17.3. The van der Waals surface area contributed by atoms with E-state index in [0.29, 0.717) is 47.8 Å². The first-order chi connectivity index (χ1) is 27.3. The third-order valence-corrected chi connectivity index (χ3v) is 15.3. The molecule has 4 saturated carbocycles. The highest BCUT2D eigenvalue weighted by Gasteiger charge is 2.61. The quantitative estimate of drug-likeness (QED) is 0.181. The summed E-state index contributed by atoms with van der Waals surface area (Å²) in [5, 5.41) is 2.57. The third kappa shape index (κ3) is 5.16. The molecule has 10 atom stereocenters. The molecule has 2 aliphatic heterocycles. The molecule has 2 aromatic heterocycles. The molecule has 4 aromatic carbocycles. The van der Waals surface area contributed by atoms with Crippen molar-refractivity contribution in [3.05, 3.63) is 109 Å². The van der Waals surface area contributed by atoms with Gasteiger partial charge in [-0.05, 0) is 105 Å². The number of aromatic nitrogens is 4. The molecule has 0 N–H and O–H groups in total. The molecule has 2 saturated heterocycles. The maximum Gasteiger partial charge on any atom is 0.238 e. The van der Waals surface area contributed by atoms with Crippen molar-refractivity contribution < 1.29 is 4.74 Å². The van der Waals surface area contributed by atoms with Crippen LogP contribution in [0.25, 0.3) is 50.5 Å². The van der Waals surface area contributed by atoms with Crippen molar-refractivity contribution in [2.24, 2.45) is 23.7 Å². The van der Waals surface area contributed by atoms with Gasteiger partial charge in [-0.3, -0.25) is 9.47 Å². The number of morpholine rings is 1.